The monoisotopic (exact) mass is 261 g/mol. The van der Waals surface area contributed by atoms with E-state index in [1.807, 2.05) is 18.5 Å². The van der Waals surface area contributed by atoms with E-state index < -0.39 is 0 Å². The molecule has 3 rings (SSSR count). The van der Waals surface area contributed by atoms with Crippen LogP contribution in [-0.4, -0.2) is 34.7 Å². The van der Waals surface area contributed by atoms with Gasteiger partial charge in [-0.15, -0.1) is 16.4 Å². The van der Waals surface area contributed by atoms with Gasteiger partial charge in [0.15, 0.2) is 0 Å². The fraction of sp³-hybridized carbons (Fsp3) is 0.300. The molecular weight excluding hydrogens is 250 g/mol. The average Bonchev–Trinajstić information content (AvgIpc) is 3.04. The first-order chi connectivity index (χ1) is 8.79. The summed E-state index contributed by atoms with van der Waals surface area (Å²) in [5.74, 6) is 0. The number of hydrogen-bond donors (Lipinski definition) is 0. The van der Waals surface area contributed by atoms with Crippen LogP contribution in [0.25, 0.3) is 0 Å². The Morgan fingerprint density at radius 3 is 2.83 bits per heavy atom. The summed E-state index contributed by atoms with van der Waals surface area (Å²) in [5.41, 5.74) is 1.86. The Kier molecular flexibility index (Phi) is 2.85. The number of rotatable bonds is 4. The zero-order chi connectivity index (χ0) is 12.4. The van der Waals surface area contributed by atoms with E-state index >= 15 is 0 Å². The van der Waals surface area contributed by atoms with Crippen LogP contribution in [0.1, 0.15) is 16.4 Å². The molecule has 18 heavy (non-hydrogen) atoms. The largest absolute Gasteiger partial charge is 0.247 e. The molecule has 0 N–H and O–H groups in total. The van der Waals surface area contributed by atoms with Crippen molar-refractivity contribution in [3.05, 3.63) is 40.6 Å². The van der Waals surface area contributed by atoms with Gasteiger partial charge < -0.3 is 0 Å². The average molecular weight is 261 g/mol. The number of aryl methyl sites for hydroxylation is 1. The van der Waals surface area contributed by atoms with Gasteiger partial charge in [0.05, 0.1) is 30.0 Å². The minimum Gasteiger partial charge on any atom is -0.247 e. The van der Waals surface area contributed by atoms with E-state index in [9.17, 15) is 0 Å². The predicted molar refractivity (Wildman–Crippen MR) is 65.1 cm³/mol. The normalized spacial score (nSPS) is 10.9. The smallest absolute Gasteiger partial charge is 0.137 e. The summed E-state index contributed by atoms with van der Waals surface area (Å²) in [6, 6.07) is 0. The molecule has 0 fully saturated rings. The molecule has 3 aromatic heterocycles. The molecule has 0 bridgehead atoms. The van der Waals surface area contributed by atoms with Crippen molar-refractivity contribution in [2.45, 2.75) is 20.0 Å². The number of hydrogen-bond acceptors (Lipinski definition) is 6. The van der Waals surface area contributed by atoms with Crippen LogP contribution >= 0.6 is 11.3 Å². The van der Waals surface area contributed by atoms with Gasteiger partial charge in [-0.1, -0.05) is 5.21 Å². The second kappa shape index (κ2) is 4.65. The summed E-state index contributed by atoms with van der Waals surface area (Å²) in [6.45, 7) is 3.22. The van der Waals surface area contributed by atoms with Gasteiger partial charge in [0.2, 0.25) is 0 Å². The lowest BCUT2D eigenvalue weighted by atomic mass is 10.4. The Hall–Kier alpha value is -2.09. The fourth-order valence-electron chi connectivity index (χ4n) is 1.62. The predicted octanol–water partition coefficient (Wildman–Crippen LogP) is 0.731. The van der Waals surface area contributed by atoms with Crippen LogP contribution in [0, 0.1) is 6.92 Å². The molecule has 3 aromatic rings. The molecule has 0 aromatic carbocycles. The Bertz CT molecular complexity index is 624. The zero-order valence-electron chi connectivity index (χ0n) is 9.76. The zero-order valence-corrected chi connectivity index (χ0v) is 10.6. The standard InChI is InChI=1S/C10H11N7S/c1-8-13-10(5-18-8)4-16-2-9(14-15-16)3-17-7-11-6-12-17/h2,5-7H,3-4H2,1H3. The molecule has 0 spiro atoms. The number of aromatic nitrogens is 7. The van der Waals surface area contributed by atoms with Crippen molar-refractivity contribution in [2.75, 3.05) is 0 Å². The van der Waals surface area contributed by atoms with Crippen molar-refractivity contribution in [1.29, 1.82) is 0 Å². The van der Waals surface area contributed by atoms with Gasteiger partial charge in [-0.3, -0.25) is 0 Å². The minimum atomic E-state index is 0.579. The molecule has 3 heterocycles. The maximum absolute atomic E-state index is 4.39. The van der Waals surface area contributed by atoms with E-state index in [0.717, 1.165) is 16.4 Å². The molecule has 0 unspecified atom stereocenters. The summed E-state index contributed by atoms with van der Waals surface area (Å²) in [4.78, 5) is 8.28. The maximum Gasteiger partial charge on any atom is 0.137 e. The second-order valence-corrected chi connectivity index (χ2v) is 4.92. The van der Waals surface area contributed by atoms with Crippen molar-refractivity contribution < 1.29 is 0 Å². The Morgan fingerprint density at radius 2 is 2.11 bits per heavy atom. The van der Waals surface area contributed by atoms with E-state index in [4.69, 9.17) is 0 Å². The molecule has 0 amide bonds. The van der Waals surface area contributed by atoms with Crippen LogP contribution in [0.2, 0.25) is 0 Å². The van der Waals surface area contributed by atoms with E-state index in [0.29, 0.717) is 13.1 Å². The molecular formula is C10H11N7S. The Morgan fingerprint density at radius 1 is 1.22 bits per heavy atom. The Labute approximate surface area is 107 Å². The first-order valence-corrected chi connectivity index (χ1v) is 6.30. The van der Waals surface area contributed by atoms with Crippen molar-refractivity contribution in [3.63, 3.8) is 0 Å². The summed E-state index contributed by atoms with van der Waals surface area (Å²) in [5, 5.41) is 15.3. The molecule has 0 saturated heterocycles. The Balaban J connectivity index is 1.69. The first kappa shape index (κ1) is 11.0. The van der Waals surface area contributed by atoms with Gasteiger partial charge in [0, 0.05) is 5.38 Å². The minimum absolute atomic E-state index is 0.579. The van der Waals surface area contributed by atoms with E-state index in [2.05, 4.69) is 25.4 Å². The van der Waals surface area contributed by atoms with Crippen LogP contribution < -0.4 is 0 Å². The molecule has 8 heteroatoms. The molecule has 0 radical (unpaired) electrons. The second-order valence-electron chi connectivity index (χ2n) is 3.86. The number of thiazole rings is 1. The lowest BCUT2D eigenvalue weighted by molar-refractivity contribution is 0.637. The highest BCUT2D eigenvalue weighted by molar-refractivity contribution is 7.09. The van der Waals surface area contributed by atoms with Gasteiger partial charge in [-0.05, 0) is 6.92 Å². The van der Waals surface area contributed by atoms with E-state index in [-0.39, 0.29) is 0 Å². The van der Waals surface area contributed by atoms with Gasteiger partial charge in [0.1, 0.15) is 18.3 Å². The maximum atomic E-state index is 4.39. The van der Waals surface area contributed by atoms with E-state index in [1.54, 1.807) is 27.0 Å². The molecule has 0 atom stereocenters. The summed E-state index contributed by atoms with van der Waals surface area (Å²) in [7, 11) is 0. The molecule has 0 aliphatic carbocycles. The van der Waals surface area contributed by atoms with Gasteiger partial charge in [0.25, 0.3) is 0 Å². The molecule has 92 valence electrons. The third kappa shape index (κ3) is 2.43. The van der Waals surface area contributed by atoms with Gasteiger partial charge >= 0.3 is 0 Å². The quantitative estimate of drug-likeness (QED) is 0.692. The molecule has 0 saturated carbocycles. The highest BCUT2D eigenvalue weighted by atomic mass is 32.1. The van der Waals surface area contributed by atoms with Crippen molar-refractivity contribution in [1.82, 2.24) is 34.7 Å². The van der Waals surface area contributed by atoms with Crippen molar-refractivity contribution in [3.8, 4) is 0 Å². The van der Waals surface area contributed by atoms with Crippen LogP contribution in [-0.2, 0) is 13.1 Å². The van der Waals surface area contributed by atoms with Crippen LogP contribution in [0.3, 0.4) is 0 Å². The molecule has 0 aliphatic heterocycles. The molecule has 0 aliphatic rings. The molecule has 7 nitrogen and oxygen atoms in total. The van der Waals surface area contributed by atoms with Gasteiger partial charge in [-0.25, -0.2) is 19.3 Å². The summed E-state index contributed by atoms with van der Waals surface area (Å²) >= 11 is 1.64. The van der Waals surface area contributed by atoms with Crippen molar-refractivity contribution in [2.24, 2.45) is 0 Å². The van der Waals surface area contributed by atoms with Crippen LogP contribution in [0.15, 0.2) is 24.2 Å². The lowest BCUT2D eigenvalue weighted by Gasteiger charge is -1.95. The third-order valence-corrected chi connectivity index (χ3v) is 3.19. The summed E-state index contributed by atoms with van der Waals surface area (Å²) < 4.78 is 3.49. The van der Waals surface area contributed by atoms with Gasteiger partial charge in [-0.2, -0.15) is 5.10 Å². The fourth-order valence-corrected chi connectivity index (χ4v) is 2.22. The third-order valence-electron chi connectivity index (χ3n) is 2.37. The highest BCUT2D eigenvalue weighted by Gasteiger charge is 2.04. The first-order valence-electron chi connectivity index (χ1n) is 5.42. The van der Waals surface area contributed by atoms with Crippen LogP contribution in [0.5, 0.6) is 0 Å². The van der Waals surface area contributed by atoms with Crippen LogP contribution in [0.4, 0.5) is 0 Å². The van der Waals surface area contributed by atoms with Crippen molar-refractivity contribution >= 4 is 11.3 Å². The topological polar surface area (TPSA) is 74.3 Å². The lowest BCUT2D eigenvalue weighted by Crippen LogP contribution is -2.01. The highest BCUT2D eigenvalue weighted by Crippen LogP contribution is 2.09. The SMILES string of the molecule is Cc1nc(Cn2cc(Cn3cncn3)nn2)cs1. The van der Waals surface area contributed by atoms with E-state index in [1.165, 1.54) is 6.33 Å². The number of nitrogens with zero attached hydrogens (tertiary/aromatic N) is 7. The summed E-state index contributed by atoms with van der Waals surface area (Å²) in [6.07, 6.45) is 5.06.